The monoisotopic (exact) mass is 495 g/mol. The predicted molar refractivity (Wildman–Crippen MR) is 137 cm³/mol. The van der Waals surface area contributed by atoms with Crippen LogP contribution in [0.2, 0.25) is 0 Å². The van der Waals surface area contributed by atoms with Crippen LogP contribution in [0, 0.1) is 12.7 Å². The number of phenols is 1. The lowest BCUT2D eigenvalue weighted by molar-refractivity contribution is -0.132. The van der Waals surface area contributed by atoms with Crippen LogP contribution >= 0.6 is 0 Å². The number of nitrogens with zero attached hydrogens (tertiary/aromatic N) is 1. The molecule has 0 bridgehead atoms. The van der Waals surface area contributed by atoms with Crippen LogP contribution in [0.15, 0.2) is 103 Å². The minimum Gasteiger partial charge on any atom is -0.508 e. The summed E-state index contributed by atoms with van der Waals surface area (Å²) >= 11 is 0. The standard InChI is InChI=1S/C30H22FNO5/c1-18-17-20(9-16-25(18)31)28(34)26-27(19-7-12-22(33)13-8-19)32(30(36)29(26)35)21-10-14-24(15-11-21)37-23-5-3-2-4-6-23/h2-17,27,33-34H,1H3/b28-26-. The second-order valence-electron chi connectivity index (χ2n) is 8.63. The van der Waals surface area contributed by atoms with Crippen molar-refractivity contribution in [3.8, 4) is 17.2 Å². The van der Waals surface area contributed by atoms with Crippen LogP contribution in [0.3, 0.4) is 0 Å². The van der Waals surface area contributed by atoms with Gasteiger partial charge in [-0.25, -0.2) is 4.39 Å². The number of para-hydroxylation sites is 1. The molecule has 1 aliphatic rings. The molecule has 1 saturated heterocycles. The Hall–Kier alpha value is -4.91. The summed E-state index contributed by atoms with van der Waals surface area (Å²) < 4.78 is 19.7. The molecule has 1 fully saturated rings. The molecule has 1 aliphatic heterocycles. The third-order valence-electron chi connectivity index (χ3n) is 6.18. The number of aromatic hydroxyl groups is 1. The third-order valence-corrected chi connectivity index (χ3v) is 6.18. The van der Waals surface area contributed by atoms with Crippen LogP contribution in [0.5, 0.6) is 17.2 Å². The van der Waals surface area contributed by atoms with Crippen molar-refractivity contribution in [2.75, 3.05) is 4.90 Å². The number of amides is 1. The van der Waals surface area contributed by atoms with E-state index in [0.29, 0.717) is 22.7 Å². The summed E-state index contributed by atoms with van der Waals surface area (Å²) in [4.78, 5) is 27.8. The second kappa shape index (κ2) is 9.62. The molecule has 1 atom stereocenters. The summed E-state index contributed by atoms with van der Waals surface area (Å²) in [6, 6.07) is 24.9. The molecule has 184 valence electrons. The molecule has 37 heavy (non-hydrogen) atoms. The van der Waals surface area contributed by atoms with E-state index >= 15 is 0 Å². The number of carbonyl (C=O) groups is 2. The summed E-state index contributed by atoms with van der Waals surface area (Å²) in [5.41, 5.74) is 1.28. The second-order valence-corrected chi connectivity index (χ2v) is 8.63. The van der Waals surface area contributed by atoms with E-state index < -0.39 is 29.3 Å². The Morgan fingerprint density at radius 1 is 0.865 bits per heavy atom. The van der Waals surface area contributed by atoms with Crippen molar-refractivity contribution in [2.24, 2.45) is 0 Å². The molecule has 7 heteroatoms. The predicted octanol–water partition coefficient (Wildman–Crippen LogP) is 6.26. The number of hydrogen-bond donors (Lipinski definition) is 2. The van der Waals surface area contributed by atoms with Crippen molar-refractivity contribution < 1.29 is 28.9 Å². The molecule has 0 aromatic heterocycles. The molecule has 4 aromatic rings. The van der Waals surface area contributed by atoms with Gasteiger partial charge in [-0.05, 0) is 84.8 Å². The number of aliphatic hydroxyl groups excluding tert-OH is 1. The Kier molecular flexibility index (Phi) is 6.19. The number of Topliss-reactive ketones (excluding diaryl/α,β-unsaturated/α-hetero) is 1. The zero-order valence-corrected chi connectivity index (χ0v) is 19.8. The van der Waals surface area contributed by atoms with E-state index in [-0.39, 0.29) is 22.4 Å². The number of phenolic OH excluding ortho intramolecular Hbond substituents is 1. The normalized spacial score (nSPS) is 16.7. The summed E-state index contributed by atoms with van der Waals surface area (Å²) in [5, 5.41) is 21.0. The zero-order chi connectivity index (χ0) is 26.1. The molecule has 1 unspecified atom stereocenters. The van der Waals surface area contributed by atoms with Crippen LogP contribution in [0.4, 0.5) is 10.1 Å². The maximum Gasteiger partial charge on any atom is 0.300 e. The number of hydrogen-bond acceptors (Lipinski definition) is 5. The lowest BCUT2D eigenvalue weighted by atomic mass is 9.94. The van der Waals surface area contributed by atoms with Crippen molar-refractivity contribution in [2.45, 2.75) is 13.0 Å². The first kappa shape index (κ1) is 23.8. The van der Waals surface area contributed by atoms with Gasteiger partial charge in [-0.3, -0.25) is 14.5 Å². The molecule has 0 saturated carbocycles. The van der Waals surface area contributed by atoms with E-state index in [0.717, 1.165) is 0 Å². The van der Waals surface area contributed by atoms with Crippen molar-refractivity contribution in [3.63, 3.8) is 0 Å². The fourth-order valence-corrected chi connectivity index (χ4v) is 4.32. The lowest BCUT2D eigenvalue weighted by Crippen LogP contribution is -2.29. The molecule has 1 amide bonds. The van der Waals surface area contributed by atoms with E-state index in [2.05, 4.69) is 0 Å². The fraction of sp³-hybridized carbons (Fsp3) is 0.0667. The van der Waals surface area contributed by atoms with Gasteiger partial charge in [-0.2, -0.15) is 0 Å². The Morgan fingerprint density at radius 3 is 2.16 bits per heavy atom. The zero-order valence-electron chi connectivity index (χ0n) is 19.8. The molecule has 0 aliphatic carbocycles. The van der Waals surface area contributed by atoms with Crippen LogP contribution < -0.4 is 9.64 Å². The summed E-state index contributed by atoms with van der Waals surface area (Å²) in [6.07, 6.45) is 0. The highest BCUT2D eigenvalue weighted by molar-refractivity contribution is 6.51. The van der Waals surface area contributed by atoms with Crippen LogP contribution in [-0.2, 0) is 9.59 Å². The average Bonchev–Trinajstić information content (AvgIpc) is 3.17. The van der Waals surface area contributed by atoms with Gasteiger partial charge in [0.1, 0.15) is 28.8 Å². The van der Waals surface area contributed by atoms with Crippen molar-refractivity contribution >= 4 is 23.1 Å². The number of anilines is 1. The van der Waals surface area contributed by atoms with E-state index in [1.807, 2.05) is 30.3 Å². The minimum atomic E-state index is -0.980. The van der Waals surface area contributed by atoms with E-state index in [9.17, 15) is 24.2 Å². The fourth-order valence-electron chi connectivity index (χ4n) is 4.32. The minimum absolute atomic E-state index is 0.0114. The van der Waals surface area contributed by atoms with Crippen LogP contribution in [0.25, 0.3) is 5.76 Å². The number of halogens is 1. The van der Waals surface area contributed by atoms with Gasteiger partial charge in [0.15, 0.2) is 0 Å². The largest absolute Gasteiger partial charge is 0.508 e. The maximum atomic E-state index is 13.9. The first-order chi connectivity index (χ1) is 17.8. The number of rotatable bonds is 5. The van der Waals surface area contributed by atoms with Gasteiger partial charge in [-0.1, -0.05) is 30.3 Å². The maximum absolute atomic E-state index is 13.9. The number of ether oxygens (including phenoxy) is 1. The lowest BCUT2D eigenvalue weighted by Gasteiger charge is -2.25. The molecular formula is C30H22FNO5. The highest BCUT2D eigenvalue weighted by atomic mass is 19.1. The highest BCUT2D eigenvalue weighted by Crippen LogP contribution is 2.43. The Balaban J connectivity index is 1.59. The Labute approximate surface area is 212 Å². The van der Waals surface area contributed by atoms with E-state index in [1.165, 1.54) is 35.2 Å². The quantitative estimate of drug-likeness (QED) is 0.194. The van der Waals surface area contributed by atoms with Gasteiger partial charge in [-0.15, -0.1) is 0 Å². The van der Waals surface area contributed by atoms with Crippen molar-refractivity contribution in [3.05, 3.63) is 125 Å². The number of carbonyl (C=O) groups excluding carboxylic acids is 2. The summed E-state index contributed by atoms with van der Waals surface area (Å²) in [6.45, 7) is 1.54. The van der Waals surface area contributed by atoms with Crippen LogP contribution in [-0.4, -0.2) is 21.9 Å². The van der Waals surface area contributed by atoms with Crippen LogP contribution in [0.1, 0.15) is 22.7 Å². The van der Waals surface area contributed by atoms with Gasteiger partial charge < -0.3 is 14.9 Å². The number of ketones is 1. The van der Waals surface area contributed by atoms with Gasteiger partial charge in [0.2, 0.25) is 0 Å². The number of benzene rings is 4. The number of aryl methyl sites for hydroxylation is 1. The summed E-state index contributed by atoms with van der Waals surface area (Å²) in [7, 11) is 0. The molecule has 0 spiro atoms. The first-order valence-corrected chi connectivity index (χ1v) is 11.5. The Morgan fingerprint density at radius 2 is 1.51 bits per heavy atom. The third kappa shape index (κ3) is 4.54. The molecule has 4 aromatic carbocycles. The van der Waals surface area contributed by atoms with Crippen molar-refractivity contribution in [1.82, 2.24) is 0 Å². The topological polar surface area (TPSA) is 87.1 Å². The SMILES string of the molecule is Cc1cc(/C(O)=C2/C(=O)C(=O)N(c3ccc(Oc4ccccc4)cc3)C2c2ccc(O)cc2)ccc1F. The molecule has 0 radical (unpaired) electrons. The number of aliphatic hydroxyl groups is 1. The molecule has 1 heterocycles. The van der Waals surface area contributed by atoms with Gasteiger partial charge in [0.25, 0.3) is 11.7 Å². The highest BCUT2D eigenvalue weighted by Gasteiger charge is 2.47. The summed E-state index contributed by atoms with van der Waals surface area (Å²) in [5.74, 6) is -1.37. The van der Waals surface area contributed by atoms with E-state index in [4.69, 9.17) is 4.74 Å². The van der Waals surface area contributed by atoms with E-state index in [1.54, 1.807) is 43.3 Å². The molecule has 6 nitrogen and oxygen atoms in total. The van der Waals surface area contributed by atoms with Crippen molar-refractivity contribution in [1.29, 1.82) is 0 Å². The van der Waals surface area contributed by atoms with Gasteiger partial charge in [0, 0.05) is 11.3 Å². The molecule has 2 N–H and O–H groups in total. The van der Waals surface area contributed by atoms with Gasteiger partial charge >= 0.3 is 0 Å². The Bertz CT molecular complexity index is 1510. The first-order valence-electron chi connectivity index (χ1n) is 11.5. The van der Waals surface area contributed by atoms with Gasteiger partial charge in [0.05, 0.1) is 11.6 Å². The average molecular weight is 496 g/mol. The molecular weight excluding hydrogens is 473 g/mol. The molecule has 5 rings (SSSR count). The smallest absolute Gasteiger partial charge is 0.300 e.